The summed E-state index contributed by atoms with van der Waals surface area (Å²) in [6, 6.07) is 12.8. The van der Waals surface area contributed by atoms with Gasteiger partial charge in [0.25, 0.3) is 11.8 Å². The highest BCUT2D eigenvalue weighted by Gasteiger charge is 2.40. The summed E-state index contributed by atoms with van der Waals surface area (Å²) in [6.45, 7) is 0. The maximum absolute atomic E-state index is 12.1. The Kier molecular flexibility index (Phi) is 2.82. The minimum atomic E-state index is -0.735. The van der Waals surface area contributed by atoms with E-state index in [0.717, 1.165) is 10.9 Å². The first-order valence-electron chi connectivity index (χ1n) is 7.20. The molecule has 1 saturated heterocycles. The van der Waals surface area contributed by atoms with Gasteiger partial charge in [-0.15, -0.1) is 0 Å². The van der Waals surface area contributed by atoms with Crippen LogP contribution in [0.2, 0.25) is 0 Å². The van der Waals surface area contributed by atoms with Crippen LogP contribution in [0.5, 0.6) is 0 Å². The molecule has 1 aliphatic rings. The molecule has 0 bridgehead atoms. The second-order valence-electron chi connectivity index (χ2n) is 5.58. The number of anilines is 1. The van der Waals surface area contributed by atoms with E-state index in [2.05, 4.69) is 4.98 Å². The first-order chi connectivity index (χ1) is 11.1. The summed E-state index contributed by atoms with van der Waals surface area (Å²) in [5.74, 6) is -1.97. The highest BCUT2D eigenvalue weighted by Crippen LogP contribution is 2.37. The van der Waals surface area contributed by atoms with Crippen LogP contribution in [0.15, 0.2) is 42.5 Å². The summed E-state index contributed by atoms with van der Waals surface area (Å²) in [6.07, 6.45) is -0.0687. The van der Waals surface area contributed by atoms with Crippen molar-refractivity contribution in [1.29, 1.82) is 0 Å². The number of pyridine rings is 1. The molecule has 1 unspecified atom stereocenters. The molecule has 1 aromatic heterocycles. The fourth-order valence-corrected chi connectivity index (χ4v) is 3.16. The lowest BCUT2D eigenvalue weighted by atomic mass is 9.92. The monoisotopic (exact) mass is 307 g/mol. The Labute approximate surface area is 131 Å². The van der Waals surface area contributed by atoms with Crippen LogP contribution in [0.25, 0.3) is 21.8 Å². The maximum atomic E-state index is 12.1. The van der Waals surface area contributed by atoms with Gasteiger partial charge in [-0.1, -0.05) is 30.3 Å². The lowest BCUT2D eigenvalue weighted by molar-refractivity contribution is -0.171. The molecule has 6 heteroatoms. The molecule has 0 aliphatic carbocycles. The van der Waals surface area contributed by atoms with E-state index in [0.29, 0.717) is 22.2 Å². The van der Waals surface area contributed by atoms with E-state index < -0.39 is 17.7 Å². The average Bonchev–Trinajstić information content (AvgIpc) is 2.82. The van der Waals surface area contributed by atoms with Crippen LogP contribution in [0.4, 0.5) is 5.69 Å². The number of amides is 2. The minimum absolute atomic E-state index is 0.0687. The molecule has 1 aliphatic heterocycles. The van der Waals surface area contributed by atoms with Crippen LogP contribution in [-0.2, 0) is 9.59 Å². The second-order valence-corrected chi connectivity index (χ2v) is 5.58. The third-order valence-corrected chi connectivity index (χ3v) is 4.28. The number of rotatable bonds is 1. The number of hydrogen-bond acceptors (Lipinski definition) is 5. The van der Waals surface area contributed by atoms with E-state index in [4.69, 9.17) is 5.73 Å². The fraction of sp³-hybridized carbons (Fsp3) is 0.118. The van der Waals surface area contributed by atoms with Crippen LogP contribution < -0.4 is 5.73 Å². The van der Waals surface area contributed by atoms with Gasteiger partial charge >= 0.3 is 0 Å². The number of nitrogen functional groups attached to an aromatic ring is 1. The molecule has 0 spiro atoms. The summed E-state index contributed by atoms with van der Waals surface area (Å²) >= 11 is 0. The number of fused-ring (bicyclic) bond motifs is 2. The quantitative estimate of drug-likeness (QED) is 0.408. The molecule has 6 nitrogen and oxygen atoms in total. The summed E-state index contributed by atoms with van der Waals surface area (Å²) in [5, 5.41) is 11.1. The molecule has 23 heavy (non-hydrogen) atoms. The van der Waals surface area contributed by atoms with Gasteiger partial charge in [0.15, 0.2) is 0 Å². The first kappa shape index (κ1) is 13.7. The standard InChI is InChI=1S/C17H13N3O3/c18-16-10-4-1-2-6-12(10)19-13-7-3-5-9(15(13)16)11-8-14(21)20(23)17(11)22/h1-7,11,23H,8H2,(H2,18,19). The van der Waals surface area contributed by atoms with Crippen molar-refractivity contribution >= 4 is 39.3 Å². The molecule has 4 rings (SSSR count). The number of benzene rings is 2. The summed E-state index contributed by atoms with van der Waals surface area (Å²) in [5.41, 5.74) is 8.90. The van der Waals surface area contributed by atoms with E-state index in [9.17, 15) is 14.8 Å². The van der Waals surface area contributed by atoms with Crippen molar-refractivity contribution in [2.75, 3.05) is 5.73 Å². The van der Waals surface area contributed by atoms with Gasteiger partial charge in [-0.25, -0.2) is 4.98 Å². The number of aromatic nitrogens is 1. The molecular formula is C17H13N3O3. The van der Waals surface area contributed by atoms with Gasteiger partial charge in [0, 0.05) is 17.2 Å². The van der Waals surface area contributed by atoms with Crippen molar-refractivity contribution < 1.29 is 14.8 Å². The van der Waals surface area contributed by atoms with Crippen molar-refractivity contribution in [3.05, 3.63) is 48.0 Å². The molecule has 2 amide bonds. The van der Waals surface area contributed by atoms with E-state index in [-0.39, 0.29) is 11.5 Å². The predicted molar refractivity (Wildman–Crippen MR) is 84.7 cm³/mol. The maximum Gasteiger partial charge on any atom is 0.261 e. The highest BCUT2D eigenvalue weighted by molar-refractivity contribution is 6.11. The predicted octanol–water partition coefficient (Wildman–Crippen LogP) is 2.20. The molecule has 2 heterocycles. The zero-order valence-corrected chi connectivity index (χ0v) is 12.1. The highest BCUT2D eigenvalue weighted by atomic mass is 16.5. The largest absolute Gasteiger partial charge is 0.398 e. The zero-order valence-electron chi connectivity index (χ0n) is 12.1. The minimum Gasteiger partial charge on any atom is -0.398 e. The Balaban J connectivity index is 2.03. The molecule has 114 valence electrons. The Hall–Kier alpha value is -2.99. The Morgan fingerprint density at radius 1 is 1.09 bits per heavy atom. The van der Waals surface area contributed by atoms with Crippen LogP contribution in [-0.4, -0.2) is 27.1 Å². The fourth-order valence-electron chi connectivity index (χ4n) is 3.16. The van der Waals surface area contributed by atoms with Gasteiger partial charge in [-0.2, -0.15) is 5.06 Å². The number of nitrogens with zero attached hydrogens (tertiary/aromatic N) is 2. The smallest absolute Gasteiger partial charge is 0.261 e. The summed E-state index contributed by atoms with van der Waals surface area (Å²) in [4.78, 5) is 28.3. The number of hydrogen-bond donors (Lipinski definition) is 2. The summed E-state index contributed by atoms with van der Waals surface area (Å²) < 4.78 is 0. The van der Waals surface area contributed by atoms with E-state index in [1.165, 1.54) is 0 Å². The average molecular weight is 307 g/mol. The van der Waals surface area contributed by atoms with Gasteiger partial charge in [0.2, 0.25) is 0 Å². The number of hydroxylamine groups is 2. The Morgan fingerprint density at radius 2 is 1.83 bits per heavy atom. The topological polar surface area (TPSA) is 96.5 Å². The number of para-hydroxylation sites is 1. The Morgan fingerprint density at radius 3 is 2.57 bits per heavy atom. The molecule has 1 atom stereocenters. The summed E-state index contributed by atoms with van der Waals surface area (Å²) in [7, 11) is 0. The lowest BCUT2D eigenvalue weighted by Crippen LogP contribution is -2.26. The lowest BCUT2D eigenvalue weighted by Gasteiger charge is -2.14. The van der Waals surface area contributed by atoms with Gasteiger partial charge in [0.05, 0.1) is 22.6 Å². The Bertz CT molecular complexity index is 983. The van der Waals surface area contributed by atoms with Crippen LogP contribution in [0.1, 0.15) is 17.9 Å². The molecule has 0 saturated carbocycles. The molecule has 0 radical (unpaired) electrons. The third-order valence-electron chi connectivity index (χ3n) is 4.28. The van der Waals surface area contributed by atoms with Gasteiger partial charge < -0.3 is 5.73 Å². The number of nitrogens with two attached hydrogens (primary N) is 1. The number of imide groups is 1. The van der Waals surface area contributed by atoms with Crippen molar-refractivity contribution in [2.45, 2.75) is 12.3 Å². The van der Waals surface area contributed by atoms with Crippen LogP contribution >= 0.6 is 0 Å². The van der Waals surface area contributed by atoms with E-state index in [1.807, 2.05) is 30.3 Å². The second kappa shape index (κ2) is 4.76. The third kappa shape index (κ3) is 1.89. The molecule has 2 aromatic carbocycles. The molecule has 3 aromatic rings. The first-order valence-corrected chi connectivity index (χ1v) is 7.20. The molecular weight excluding hydrogens is 294 g/mol. The normalized spacial score (nSPS) is 18.3. The van der Waals surface area contributed by atoms with Crippen molar-refractivity contribution in [3.63, 3.8) is 0 Å². The number of carbonyl (C=O) groups is 2. The van der Waals surface area contributed by atoms with E-state index >= 15 is 0 Å². The SMILES string of the molecule is Nc1c2ccccc2nc2cccc(C3CC(=O)N(O)C3=O)c12. The molecule has 1 fully saturated rings. The van der Waals surface area contributed by atoms with Gasteiger partial charge in [-0.3, -0.25) is 14.8 Å². The van der Waals surface area contributed by atoms with Crippen molar-refractivity contribution in [2.24, 2.45) is 0 Å². The van der Waals surface area contributed by atoms with Crippen LogP contribution in [0.3, 0.4) is 0 Å². The van der Waals surface area contributed by atoms with Gasteiger partial charge in [-0.05, 0) is 17.7 Å². The molecule has 3 N–H and O–H groups in total. The van der Waals surface area contributed by atoms with Gasteiger partial charge in [0.1, 0.15) is 0 Å². The van der Waals surface area contributed by atoms with Crippen molar-refractivity contribution in [3.8, 4) is 0 Å². The van der Waals surface area contributed by atoms with Crippen LogP contribution in [0, 0.1) is 0 Å². The van der Waals surface area contributed by atoms with E-state index in [1.54, 1.807) is 12.1 Å². The zero-order chi connectivity index (χ0) is 16.1. The van der Waals surface area contributed by atoms with Crippen molar-refractivity contribution in [1.82, 2.24) is 10.0 Å². The number of carbonyl (C=O) groups excluding carboxylic acids is 2.